The lowest BCUT2D eigenvalue weighted by Gasteiger charge is -2.03. The molecule has 1 heterocycles. The molecular formula is C7H8BNO4. The molecule has 68 valence electrons. The van der Waals surface area contributed by atoms with Crippen LogP contribution in [-0.4, -0.2) is 33.2 Å². The molecule has 5 nitrogen and oxygen atoms in total. The number of aromatic carboxylic acids is 1. The van der Waals surface area contributed by atoms with Crippen LogP contribution in [0.15, 0.2) is 12.1 Å². The Labute approximate surface area is 74.8 Å². The molecule has 0 unspecified atom stereocenters. The summed E-state index contributed by atoms with van der Waals surface area (Å²) in [7, 11) is -1.62. The average molecular weight is 181 g/mol. The van der Waals surface area contributed by atoms with Gasteiger partial charge in [-0.15, -0.1) is 0 Å². The van der Waals surface area contributed by atoms with Gasteiger partial charge in [0.15, 0.2) is 0 Å². The van der Waals surface area contributed by atoms with Crippen LogP contribution in [0.3, 0.4) is 0 Å². The van der Waals surface area contributed by atoms with Crippen LogP contribution in [0.1, 0.15) is 16.2 Å². The van der Waals surface area contributed by atoms with E-state index in [2.05, 4.69) is 4.98 Å². The zero-order valence-corrected chi connectivity index (χ0v) is 6.93. The topological polar surface area (TPSA) is 90.7 Å². The maximum absolute atomic E-state index is 10.4. The van der Waals surface area contributed by atoms with Crippen molar-refractivity contribution in [3.63, 3.8) is 0 Å². The Balaban J connectivity index is 3.13. The molecule has 6 heteroatoms. The summed E-state index contributed by atoms with van der Waals surface area (Å²) in [6.07, 6.45) is 0. The highest BCUT2D eigenvalue weighted by Crippen LogP contribution is 1.96. The van der Waals surface area contributed by atoms with Gasteiger partial charge in [0.2, 0.25) is 0 Å². The third-order valence-electron chi connectivity index (χ3n) is 1.62. The third-order valence-corrected chi connectivity index (χ3v) is 1.62. The first-order chi connectivity index (χ1) is 6.02. The fourth-order valence-electron chi connectivity index (χ4n) is 0.964. The van der Waals surface area contributed by atoms with Crippen molar-refractivity contribution in [2.75, 3.05) is 0 Å². The lowest BCUT2D eigenvalue weighted by molar-refractivity contribution is 0.0690. The highest BCUT2D eigenvalue weighted by molar-refractivity contribution is 6.59. The third kappa shape index (κ3) is 2.04. The van der Waals surface area contributed by atoms with E-state index in [1.807, 2.05) is 0 Å². The summed E-state index contributed by atoms with van der Waals surface area (Å²) in [6.45, 7) is 1.52. The fourth-order valence-corrected chi connectivity index (χ4v) is 0.964. The van der Waals surface area contributed by atoms with Crippen molar-refractivity contribution in [3.8, 4) is 0 Å². The number of aromatic nitrogens is 1. The van der Waals surface area contributed by atoms with Gasteiger partial charge in [-0.3, -0.25) is 0 Å². The molecule has 0 aromatic carbocycles. The zero-order chi connectivity index (χ0) is 10.0. The summed E-state index contributed by atoms with van der Waals surface area (Å²) in [4.78, 5) is 14.1. The molecule has 0 spiro atoms. The number of carboxylic acids is 1. The summed E-state index contributed by atoms with van der Waals surface area (Å²) in [5.74, 6) is -1.14. The zero-order valence-electron chi connectivity index (χ0n) is 6.93. The second-order valence-electron chi connectivity index (χ2n) is 2.55. The quantitative estimate of drug-likeness (QED) is 0.496. The molecule has 0 saturated carbocycles. The molecule has 0 fully saturated rings. The Morgan fingerprint density at radius 3 is 2.46 bits per heavy atom. The second-order valence-corrected chi connectivity index (χ2v) is 2.55. The SMILES string of the molecule is Cc1nc(C(=O)O)ccc1B(O)O. The van der Waals surface area contributed by atoms with Crippen molar-refractivity contribution in [3.05, 3.63) is 23.5 Å². The molecule has 1 aromatic rings. The van der Waals surface area contributed by atoms with Crippen molar-refractivity contribution in [1.82, 2.24) is 4.98 Å². The molecule has 0 aliphatic rings. The van der Waals surface area contributed by atoms with Gasteiger partial charge in [-0.05, 0) is 13.0 Å². The number of carboxylic acid groups (broad SMARTS) is 1. The summed E-state index contributed by atoms with van der Waals surface area (Å²) in [5.41, 5.74) is 0.404. The second kappa shape index (κ2) is 3.55. The van der Waals surface area contributed by atoms with Gasteiger partial charge in [-0.1, -0.05) is 6.07 Å². The molecule has 3 N–H and O–H groups in total. The van der Waals surface area contributed by atoms with Crippen LogP contribution >= 0.6 is 0 Å². The Morgan fingerprint density at radius 2 is 2.08 bits per heavy atom. The average Bonchev–Trinajstić information content (AvgIpc) is 2.03. The number of pyridine rings is 1. The molecule has 13 heavy (non-hydrogen) atoms. The van der Waals surface area contributed by atoms with Gasteiger partial charge in [-0.25, -0.2) is 9.78 Å². The van der Waals surface area contributed by atoms with E-state index in [1.165, 1.54) is 19.1 Å². The monoisotopic (exact) mass is 181 g/mol. The molecule has 0 atom stereocenters. The van der Waals surface area contributed by atoms with Crippen molar-refractivity contribution in [2.24, 2.45) is 0 Å². The van der Waals surface area contributed by atoms with Crippen LogP contribution in [0.25, 0.3) is 0 Å². The van der Waals surface area contributed by atoms with E-state index < -0.39 is 13.1 Å². The molecule has 1 aromatic heterocycles. The van der Waals surface area contributed by atoms with Crippen LogP contribution in [0.4, 0.5) is 0 Å². The van der Waals surface area contributed by atoms with Crippen molar-refractivity contribution >= 4 is 18.6 Å². The van der Waals surface area contributed by atoms with Gasteiger partial charge in [0.05, 0.1) is 0 Å². The maximum atomic E-state index is 10.4. The maximum Gasteiger partial charge on any atom is 0.490 e. The van der Waals surface area contributed by atoms with E-state index in [9.17, 15) is 4.79 Å². The number of aryl methyl sites for hydroxylation is 1. The molecular weight excluding hydrogens is 173 g/mol. The van der Waals surface area contributed by atoms with Gasteiger partial charge in [0.1, 0.15) is 5.69 Å². The van der Waals surface area contributed by atoms with Crippen LogP contribution in [0.5, 0.6) is 0 Å². The molecule has 0 saturated heterocycles. The number of nitrogens with zero attached hydrogens (tertiary/aromatic N) is 1. The number of rotatable bonds is 2. The van der Waals surface area contributed by atoms with Crippen molar-refractivity contribution in [2.45, 2.75) is 6.92 Å². The van der Waals surface area contributed by atoms with E-state index in [4.69, 9.17) is 15.2 Å². The van der Waals surface area contributed by atoms with E-state index >= 15 is 0 Å². The molecule has 0 bridgehead atoms. The largest absolute Gasteiger partial charge is 0.490 e. The minimum atomic E-state index is -1.62. The van der Waals surface area contributed by atoms with E-state index in [0.29, 0.717) is 5.69 Å². The molecule has 0 aliphatic heterocycles. The Kier molecular flexibility index (Phi) is 2.65. The van der Waals surface area contributed by atoms with E-state index in [-0.39, 0.29) is 11.2 Å². The van der Waals surface area contributed by atoms with Gasteiger partial charge in [0.25, 0.3) is 0 Å². The Hall–Kier alpha value is -1.40. The first-order valence-electron chi connectivity index (χ1n) is 3.59. The summed E-state index contributed by atoms with van der Waals surface area (Å²) in [6, 6.07) is 2.56. The Bertz CT molecular complexity index is 339. The molecule has 0 amide bonds. The number of hydrogen-bond donors (Lipinski definition) is 3. The summed E-state index contributed by atoms with van der Waals surface area (Å²) < 4.78 is 0. The predicted octanol–water partition coefficient (Wildman–Crippen LogP) is -1.23. The standard InChI is InChI=1S/C7H8BNO4/c1-4-5(8(12)13)2-3-6(9-4)7(10)11/h2-3,12-13H,1H3,(H,10,11). The van der Waals surface area contributed by atoms with E-state index in [1.54, 1.807) is 0 Å². The van der Waals surface area contributed by atoms with E-state index in [0.717, 1.165) is 0 Å². The number of carbonyl (C=O) groups is 1. The van der Waals surface area contributed by atoms with Gasteiger partial charge in [-0.2, -0.15) is 0 Å². The fraction of sp³-hybridized carbons (Fsp3) is 0.143. The summed E-state index contributed by atoms with van der Waals surface area (Å²) >= 11 is 0. The lowest BCUT2D eigenvalue weighted by Crippen LogP contribution is -2.33. The lowest BCUT2D eigenvalue weighted by atomic mass is 9.79. The van der Waals surface area contributed by atoms with Gasteiger partial charge in [0, 0.05) is 11.2 Å². The molecule has 0 aliphatic carbocycles. The Morgan fingerprint density at radius 1 is 1.46 bits per heavy atom. The molecule has 0 radical (unpaired) electrons. The van der Waals surface area contributed by atoms with Crippen LogP contribution in [0.2, 0.25) is 0 Å². The van der Waals surface area contributed by atoms with Crippen LogP contribution < -0.4 is 5.46 Å². The van der Waals surface area contributed by atoms with Crippen molar-refractivity contribution in [1.29, 1.82) is 0 Å². The van der Waals surface area contributed by atoms with Gasteiger partial charge < -0.3 is 15.2 Å². The minimum Gasteiger partial charge on any atom is -0.477 e. The van der Waals surface area contributed by atoms with Gasteiger partial charge >= 0.3 is 13.1 Å². The first kappa shape index (κ1) is 9.69. The minimum absolute atomic E-state index is 0.109. The summed E-state index contributed by atoms with van der Waals surface area (Å²) in [5, 5.41) is 26.2. The van der Waals surface area contributed by atoms with Crippen molar-refractivity contribution < 1.29 is 19.9 Å². The first-order valence-corrected chi connectivity index (χ1v) is 3.59. The predicted molar refractivity (Wildman–Crippen MR) is 45.8 cm³/mol. The highest BCUT2D eigenvalue weighted by Gasteiger charge is 2.16. The normalized spacial score (nSPS) is 9.77. The smallest absolute Gasteiger partial charge is 0.477 e. The van der Waals surface area contributed by atoms with Crippen LogP contribution in [-0.2, 0) is 0 Å². The number of hydrogen-bond acceptors (Lipinski definition) is 4. The molecule has 1 rings (SSSR count). The van der Waals surface area contributed by atoms with Crippen LogP contribution in [0, 0.1) is 6.92 Å². The highest BCUT2D eigenvalue weighted by atomic mass is 16.4.